The maximum absolute atomic E-state index is 13.1. The molecule has 1 N–H and O–H groups in total. The summed E-state index contributed by atoms with van der Waals surface area (Å²) in [5.74, 6) is 0.493. The van der Waals surface area contributed by atoms with Gasteiger partial charge in [0.05, 0.1) is 24.0 Å². The summed E-state index contributed by atoms with van der Waals surface area (Å²) in [6.07, 6.45) is 6.79. The van der Waals surface area contributed by atoms with Gasteiger partial charge in [-0.3, -0.25) is 19.5 Å². The average Bonchev–Trinajstić information content (AvgIpc) is 2.86. The number of carbonyl (C=O) groups excluding carboxylic acids is 1. The van der Waals surface area contributed by atoms with Crippen LogP contribution in [0.4, 0.5) is 4.39 Å². The number of hydrogen-bond donors (Lipinski definition) is 1. The number of likely N-dealkylation sites (tertiary alicyclic amines) is 1. The zero-order valence-electron chi connectivity index (χ0n) is 18.2. The standard InChI is InChI=1S/C24H25FN6O2/c25-18-3-1-16(2-4-18)14-30-10-5-17(6-11-30)22-28-20-7-12-31(15-19(20)23(32)29-22)24(33)21-13-26-8-9-27-21/h1-4,8-9,13,17H,5-7,10-12,14-15H2,(H,28,29,32). The van der Waals surface area contributed by atoms with Crippen LogP contribution in [0.25, 0.3) is 0 Å². The summed E-state index contributed by atoms with van der Waals surface area (Å²) in [5.41, 5.74) is 2.53. The van der Waals surface area contributed by atoms with Crippen LogP contribution >= 0.6 is 0 Å². The monoisotopic (exact) mass is 448 g/mol. The fourth-order valence-electron chi connectivity index (χ4n) is 4.60. The molecule has 0 aliphatic carbocycles. The number of amides is 1. The molecule has 5 rings (SSSR count). The van der Waals surface area contributed by atoms with Gasteiger partial charge < -0.3 is 9.88 Å². The van der Waals surface area contributed by atoms with E-state index in [-0.39, 0.29) is 35.4 Å². The predicted octanol–water partition coefficient (Wildman–Crippen LogP) is 2.28. The van der Waals surface area contributed by atoms with Crippen molar-refractivity contribution in [2.45, 2.75) is 38.3 Å². The molecule has 33 heavy (non-hydrogen) atoms. The number of benzene rings is 1. The minimum atomic E-state index is -0.231. The number of H-pyrrole nitrogens is 1. The summed E-state index contributed by atoms with van der Waals surface area (Å²) in [6, 6.07) is 6.63. The molecule has 0 spiro atoms. The first-order chi connectivity index (χ1) is 16.1. The number of piperidine rings is 1. The fourth-order valence-corrected chi connectivity index (χ4v) is 4.60. The minimum absolute atomic E-state index is 0.166. The summed E-state index contributed by atoms with van der Waals surface area (Å²) in [4.78, 5) is 45.3. The second-order valence-electron chi connectivity index (χ2n) is 8.62. The third-order valence-electron chi connectivity index (χ3n) is 6.45. The van der Waals surface area contributed by atoms with E-state index in [1.807, 2.05) is 12.1 Å². The predicted molar refractivity (Wildman–Crippen MR) is 119 cm³/mol. The van der Waals surface area contributed by atoms with E-state index in [2.05, 4.69) is 19.9 Å². The molecule has 3 aromatic rings. The fraction of sp³-hybridized carbons (Fsp3) is 0.375. The van der Waals surface area contributed by atoms with Crippen LogP contribution in [0.1, 0.15) is 51.9 Å². The number of nitrogens with zero attached hydrogens (tertiary/aromatic N) is 5. The quantitative estimate of drug-likeness (QED) is 0.658. The van der Waals surface area contributed by atoms with Crippen molar-refractivity contribution in [3.05, 3.63) is 87.4 Å². The van der Waals surface area contributed by atoms with Crippen molar-refractivity contribution >= 4 is 5.91 Å². The molecule has 170 valence electrons. The van der Waals surface area contributed by atoms with Crippen LogP contribution in [0.2, 0.25) is 0 Å². The van der Waals surface area contributed by atoms with Crippen molar-refractivity contribution in [1.82, 2.24) is 29.7 Å². The van der Waals surface area contributed by atoms with E-state index in [1.54, 1.807) is 4.90 Å². The van der Waals surface area contributed by atoms with Crippen molar-refractivity contribution in [3.63, 3.8) is 0 Å². The van der Waals surface area contributed by atoms with Gasteiger partial charge in [0, 0.05) is 37.8 Å². The molecule has 1 fully saturated rings. The molecule has 0 unspecified atom stereocenters. The second-order valence-corrected chi connectivity index (χ2v) is 8.62. The molecule has 1 amide bonds. The van der Waals surface area contributed by atoms with Crippen LogP contribution in [-0.2, 0) is 19.5 Å². The molecular formula is C24H25FN6O2. The molecule has 1 saturated heterocycles. The Bertz CT molecular complexity index is 1190. The zero-order valence-corrected chi connectivity index (χ0v) is 18.2. The molecule has 0 bridgehead atoms. The van der Waals surface area contributed by atoms with Gasteiger partial charge in [-0.1, -0.05) is 12.1 Å². The van der Waals surface area contributed by atoms with Gasteiger partial charge in [-0.15, -0.1) is 0 Å². The molecule has 0 saturated carbocycles. The Labute approximate surface area is 190 Å². The molecule has 0 radical (unpaired) electrons. The Morgan fingerprint density at radius 1 is 1.12 bits per heavy atom. The topological polar surface area (TPSA) is 95.1 Å². The molecule has 0 atom stereocenters. The van der Waals surface area contributed by atoms with Crippen molar-refractivity contribution in [1.29, 1.82) is 0 Å². The number of aromatic nitrogens is 4. The van der Waals surface area contributed by atoms with Crippen LogP contribution in [0, 0.1) is 5.82 Å². The molecule has 2 aromatic heterocycles. The van der Waals surface area contributed by atoms with Gasteiger partial charge in [0.1, 0.15) is 17.3 Å². The smallest absolute Gasteiger partial charge is 0.274 e. The summed E-state index contributed by atoms with van der Waals surface area (Å²) >= 11 is 0. The van der Waals surface area contributed by atoms with E-state index in [1.165, 1.54) is 30.7 Å². The van der Waals surface area contributed by atoms with Gasteiger partial charge in [0.25, 0.3) is 11.5 Å². The Balaban J connectivity index is 1.24. The molecule has 2 aliphatic heterocycles. The highest BCUT2D eigenvalue weighted by molar-refractivity contribution is 5.92. The SMILES string of the molecule is O=C(c1cnccn1)N1CCc2nc(C3CCN(Cc4ccc(F)cc4)CC3)[nH]c(=O)c2C1. The van der Waals surface area contributed by atoms with E-state index >= 15 is 0 Å². The lowest BCUT2D eigenvalue weighted by atomic mass is 9.95. The maximum Gasteiger partial charge on any atom is 0.274 e. The zero-order chi connectivity index (χ0) is 22.8. The van der Waals surface area contributed by atoms with Gasteiger partial charge in [0.2, 0.25) is 0 Å². The largest absolute Gasteiger partial charge is 0.332 e. The Hall–Kier alpha value is -3.46. The van der Waals surface area contributed by atoms with Crippen molar-refractivity contribution < 1.29 is 9.18 Å². The Kier molecular flexibility index (Phi) is 5.95. The van der Waals surface area contributed by atoms with Gasteiger partial charge in [-0.25, -0.2) is 14.4 Å². The van der Waals surface area contributed by atoms with Gasteiger partial charge in [0.15, 0.2) is 0 Å². The lowest BCUT2D eigenvalue weighted by Crippen LogP contribution is -2.40. The Morgan fingerprint density at radius 3 is 2.64 bits per heavy atom. The van der Waals surface area contributed by atoms with E-state index in [9.17, 15) is 14.0 Å². The second kappa shape index (κ2) is 9.19. The summed E-state index contributed by atoms with van der Waals surface area (Å²) in [5, 5.41) is 0. The average molecular weight is 449 g/mol. The number of rotatable bonds is 4. The van der Waals surface area contributed by atoms with E-state index in [0.29, 0.717) is 18.5 Å². The number of nitrogens with one attached hydrogen (secondary N) is 1. The molecule has 4 heterocycles. The maximum atomic E-state index is 13.1. The lowest BCUT2D eigenvalue weighted by molar-refractivity contribution is 0.0726. The number of carbonyl (C=O) groups is 1. The third kappa shape index (κ3) is 4.68. The van der Waals surface area contributed by atoms with Gasteiger partial charge >= 0.3 is 0 Å². The molecule has 8 nitrogen and oxygen atoms in total. The van der Waals surface area contributed by atoms with Crippen LogP contribution in [0.15, 0.2) is 47.7 Å². The first-order valence-electron chi connectivity index (χ1n) is 11.2. The minimum Gasteiger partial charge on any atom is -0.332 e. The van der Waals surface area contributed by atoms with Crippen molar-refractivity contribution in [2.75, 3.05) is 19.6 Å². The van der Waals surface area contributed by atoms with Crippen LogP contribution in [0.5, 0.6) is 0 Å². The van der Waals surface area contributed by atoms with E-state index in [4.69, 9.17) is 4.98 Å². The summed E-state index contributed by atoms with van der Waals surface area (Å²) in [6.45, 7) is 3.29. The normalized spacial score (nSPS) is 17.1. The number of fused-ring (bicyclic) bond motifs is 1. The van der Waals surface area contributed by atoms with E-state index < -0.39 is 0 Å². The van der Waals surface area contributed by atoms with Gasteiger partial charge in [-0.05, 0) is 43.6 Å². The lowest BCUT2D eigenvalue weighted by Gasteiger charge is -2.32. The summed E-state index contributed by atoms with van der Waals surface area (Å²) < 4.78 is 13.1. The molecule has 1 aromatic carbocycles. The van der Waals surface area contributed by atoms with Gasteiger partial charge in [-0.2, -0.15) is 0 Å². The number of halogens is 1. The highest BCUT2D eigenvalue weighted by Gasteiger charge is 2.28. The van der Waals surface area contributed by atoms with E-state index in [0.717, 1.165) is 49.6 Å². The molecule has 2 aliphatic rings. The highest BCUT2D eigenvalue weighted by Crippen LogP contribution is 2.27. The Morgan fingerprint density at radius 2 is 1.91 bits per heavy atom. The highest BCUT2D eigenvalue weighted by atomic mass is 19.1. The van der Waals surface area contributed by atoms with Crippen molar-refractivity contribution in [3.8, 4) is 0 Å². The first-order valence-corrected chi connectivity index (χ1v) is 11.2. The molecule has 9 heteroatoms. The number of aromatic amines is 1. The van der Waals surface area contributed by atoms with Crippen LogP contribution in [0.3, 0.4) is 0 Å². The number of hydrogen-bond acceptors (Lipinski definition) is 6. The molecular weight excluding hydrogens is 423 g/mol. The van der Waals surface area contributed by atoms with Crippen molar-refractivity contribution in [2.24, 2.45) is 0 Å². The van der Waals surface area contributed by atoms with Crippen LogP contribution < -0.4 is 5.56 Å². The summed E-state index contributed by atoms with van der Waals surface area (Å²) in [7, 11) is 0. The van der Waals surface area contributed by atoms with Crippen LogP contribution in [-0.4, -0.2) is 55.3 Å². The first kappa shape index (κ1) is 21.4. The third-order valence-corrected chi connectivity index (χ3v) is 6.45.